The number of fused-ring (bicyclic) bond motifs is 2. The molecule has 0 radical (unpaired) electrons. The largest absolute Gasteiger partial charge is 0.382 e. The fraction of sp³-hybridized carbons (Fsp3) is 0.417. The van der Waals surface area contributed by atoms with E-state index in [1.807, 2.05) is 6.07 Å². The maximum Gasteiger partial charge on any atom is 0.150 e. The molecule has 6 N–H and O–H groups in total. The van der Waals surface area contributed by atoms with E-state index in [0.29, 0.717) is 11.3 Å². The van der Waals surface area contributed by atoms with Gasteiger partial charge in [0.15, 0.2) is 0 Å². The van der Waals surface area contributed by atoms with Gasteiger partial charge in [-0.3, -0.25) is 0 Å². The number of benzene rings is 1. The fourth-order valence-corrected chi connectivity index (χ4v) is 2.84. The minimum Gasteiger partial charge on any atom is -0.382 e. The molecule has 2 aliphatic carbocycles. The Labute approximate surface area is 94.5 Å². The maximum absolute atomic E-state index is 6.13. The standard InChI is InChI=1S/C12H16N4/c13-10-6-12(3-4-12)9-5-7(11(14)16-15)1-2-8(9)10/h1-2,5,10H,3-4,6,13,15H2,(H2,14,16). The van der Waals surface area contributed by atoms with Crippen LogP contribution >= 0.6 is 0 Å². The Morgan fingerprint density at radius 2 is 2.12 bits per heavy atom. The van der Waals surface area contributed by atoms with Crippen LogP contribution in [-0.4, -0.2) is 5.84 Å². The van der Waals surface area contributed by atoms with E-state index in [1.165, 1.54) is 24.0 Å². The summed E-state index contributed by atoms with van der Waals surface area (Å²) in [5.74, 6) is 5.59. The van der Waals surface area contributed by atoms with E-state index < -0.39 is 0 Å². The van der Waals surface area contributed by atoms with Crippen LogP contribution in [0, 0.1) is 0 Å². The zero-order valence-corrected chi connectivity index (χ0v) is 9.11. The molecule has 0 amide bonds. The van der Waals surface area contributed by atoms with E-state index in [4.69, 9.17) is 17.3 Å². The molecule has 4 heteroatoms. The molecule has 1 spiro atoms. The third-order valence-corrected chi connectivity index (χ3v) is 3.92. The normalized spacial score (nSPS) is 25.8. The Hall–Kier alpha value is -1.55. The van der Waals surface area contributed by atoms with E-state index in [-0.39, 0.29) is 6.04 Å². The van der Waals surface area contributed by atoms with Gasteiger partial charge in [0.05, 0.1) is 0 Å². The summed E-state index contributed by atoms with van der Waals surface area (Å²) >= 11 is 0. The first-order valence-electron chi connectivity index (χ1n) is 5.60. The molecular formula is C12H16N4. The first-order valence-corrected chi connectivity index (χ1v) is 5.60. The van der Waals surface area contributed by atoms with Crippen molar-refractivity contribution in [1.82, 2.24) is 0 Å². The van der Waals surface area contributed by atoms with E-state index in [1.54, 1.807) is 0 Å². The number of amidine groups is 1. The molecule has 1 atom stereocenters. The van der Waals surface area contributed by atoms with Gasteiger partial charge in [0, 0.05) is 11.6 Å². The SMILES string of the molecule is N/N=C(\N)c1ccc2c(c1)C1(CC1)CC2N. The highest BCUT2D eigenvalue weighted by atomic mass is 15.2. The van der Waals surface area contributed by atoms with Crippen molar-refractivity contribution in [2.45, 2.75) is 30.7 Å². The molecule has 16 heavy (non-hydrogen) atoms. The third kappa shape index (κ3) is 1.16. The minimum atomic E-state index is 0.183. The molecule has 2 aliphatic rings. The topological polar surface area (TPSA) is 90.4 Å². The van der Waals surface area contributed by atoms with Crippen LogP contribution < -0.4 is 17.3 Å². The Kier molecular flexibility index (Phi) is 1.80. The van der Waals surface area contributed by atoms with Gasteiger partial charge >= 0.3 is 0 Å². The minimum absolute atomic E-state index is 0.183. The van der Waals surface area contributed by atoms with Gasteiger partial charge in [0.1, 0.15) is 5.84 Å². The van der Waals surface area contributed by atoms with E-state index in [2.05, 4.69) is 17.2 Å². The third-order valence-electron chi connectivity index (χ3n) is 3.92. The van der Waals surface area contributed by atoms with Crippen molar-refractivity contribution in [2.75, 3.05) is 0 Å². The lowest BCUT2D eigenvalue weighted by molar-refractivity contribution is 0.597. The molecule has 1 fully saturated rings. The Bertz CT molecular complexity index is 474. The predicted molar refractivity (Wildman–Crippen MR) is 63.8 cm³/mol. The van der Waals surface area contributed by atoms with Gasteiger partial charge in [-0.15, -0.1) is 0 Å². The lowest BCUT2D eigenvalue weighted by atomic mass is 9.96. The number of hydrogen-bond acceptors (Lipinski definition) is 3. The Morgan fingerprint density at radius 3 is 2.75 bits per heavy atom. The molecule has 4 nitrogen and oxygen atoms in total. The number of rotatable bonds is 1. The van der Waals surface area contributed by atoms with Crippen LogP contribution in [0.3, 0.4) is 0 Å². The van der Waals surface area contributed by atoms with Crippen molar-refractivity contribution >= 4 is 5.84 Å². The fourth-order valence-electron chi connectivity index (χ4n) is 2.84. The zero-order chi connectivity index (χ0) is 11.3. The van der Waals surface area contributed by atoms with Crippen molar-refractivity contribution in [3.63, 3.8) is 0 Å². The quantitative estimate of drug-likeness (QED) is 0.279. The van der Waals surface area contributed by atoms with Crippen molar-refractivity contribution < 1.29 is 0 Å². The van der Waals surface area contributed by atoms with E-state index >= 15 is 0 Å². The first-order chi connectivity index (χ1) is 7.66. The van der Waals surface area contributed by atoms with Gasteiger partial charge in [-0.25, -0.2) is 0 Å². The summed E-state index contributed by atoms with van der Waals surface area (Å²) in [6.07, 6.45) is 3.57. The van der Waals surface area contributed by atoms with Crippen LogP contribution in [-0.2, 0) is 5.41 Å². The van der Waals surface area contributed by atoms with Gasteiger partial charge in [-0.05, 0) is 41.9 Å². The Balaban J connectivity index is 2.11. The summed E-state index contributed by atoms with van der Waals surface area (Å²) in [6.45, 7) is 0. The van der Waals surface area contributed by atoms with Crippen LogP contribution in [0.2, 0.25) is 0 Å². The highest BCUT2D eigenvalue weighted by Crippen LogP contribution is 2.59. The van der Waals surface area contributed by atoms with Crippen LogP contribution in [0.25, 0.3) is 0 Å². The molecule has 0 aromatic heterocycles. The molecule has 0 heterocycles. The van der Waals surface area contributed by atoms with Gasteiger partial charge in [0.25, 0.3) is 0 Å². The number of nitrogens with two attached hydrogens (primary N) is 3. The smallest absolute Gasteiger partial charge is 0.150 e. The summed E-state index contributed by atoms with van der Waals surface area (Å²) in [5.41, 5.74) is 15.7. The van der Waals surface area contributed by atoms with Crippen LogP contribution in [0.15, 0.2) is 23.3 Å². The predicted octanol–water partition coefficient (Wildman–Crippen LogP) is 0.701. The molecule has 1 aromatic rings. The van der Waals surface area contributed by atoms with Crippen molar-refractivity contribution in [3.05, 3.63) is 34.9 Å². The molecule has 1 saturated carbocycles. The molecule has 1 aromatic carbocycles. The highest BCUT2D eigenvalue weighted by Gasteiger charge is 2.51. The average Bonchev–Trinajstić information content (AvgIpc) is 3.02. The second-order valence-corrected chi connectivity index (χ2v) is 4.91. The van der Waals surface area contributed by atoms with Crippen molar-refractivity contribution in [3.8, 4) is 0 Å². The summed E-state index contributed by atoms with van der Waals surface area (Å²) in [7, 11) is 0. The van der Waals surface area contributed by atoms with Gasteiger partial charge in [-0.1, -0.05) is 12.1 Å². The zero-order valence-electron chi connectivity index (χ0n) is 9.11. The highest BCUT2D eigenvalue weighted by molar-refractivity contribution is 5.97. The van der Waals surface area contributed by atoms with Crippen molar-refractivity contribution in [2.24, 2.45) is 22.4 Å². The van der Waals surface area contributed by atoms with Gasteiger partial charge in [-0.2, -0.15) is 5.10 Å². The van der Waals surface area contributed by atoms with Crippen molar-refractivity contribution in [1.29, 1.82) is 0 Å². The number of nitrogens with zero attached hydrogens (tertiary/aromatic N) is 1. The number of hydrogen-bond donors (Lipinski definition) is 3. The maximum atomic E-state index is 6.13. The summed E-state index contributed by atoms with van der Waals surface area (Å²) in [5, 5.41) is 3.53. The number of hydrazone groups is 1. The summed E-state index contributed by atoms with van der Waals surface area (Å²) in [6, 6.07) is 6.32. The second-order valence-electron chi connectivity index (χ2n) is 4.91. The monoisotopic (exact) mass is 216 g/mol. The van der Waals surface area contributed by atoms with Crippen LogP contribution in [0.5, 0.6) is 0 Å². The Morgan fingerprint density at radius 1 is 1.38 bits per heavy atom. The average molecular weight is 216 g/mol. The molecule has 1 unspecified atom stereocenters. The van der Waals surface area contributed by atoms with Gasteiger partial charge < -0.3 is 17.3 Å². The molecular weight excluding hydrogens is 200 g/mol. The lowest BCUT2D eigenvalue weighted by Gasteiger charge is -2.09. The first kappa shape index (κ1) is 9.66. The van der Waals surface area contributed by atoms with E-state index in [0.717, 1.165) is 12.0 Å². The lowest BCUT2D eigenvalue weighted by Crippen LogP contribution is -2.16. The van der Waals surface area contributed by atoms with Crippen LogP contribution in [0.1, 0.15) is 42.0 Å². The molecule has 3 rings (SSSR count). The van der Waals surface area contributed by atoms with Gasteiger partial charge in [0.2, 0.25) is 0 Å². The molecule has 84 valence electrons. The summed E-state index contributed by atoms with van der Waals surface area (Å²) in [4.78, 5) is 0. The van der Waals surface area contributed by atoms with E-state index in [9.17, 15) is 0 Å². The summed E-state index contributed by atoms with van der Waals surface area (Å²) < 4.78 is 0. The molecule has 0 saturated heterocycles. The molecule has 0 aliphatic heterocycles. The van der Waals surface area contributed by atoms with Crippen LogP contribution in [0.4, 0.5) is 0 Å². The molecule has 0 bridgehead atoms. The second kappa shape index (κ2) is 2.98.